The van der Waals surface area contributed by atoms with Crippen LogP contribution in [0.15, 0.2) is 30.6 Å². The number of carbonyl (C=O) groups excluding carboxylic acids is 1. The van der Waals surface area contributed by atoms with Crippen molar-refractivity contribution >= 4 is 29.0 Å². The van der Waals surface area contributed by atoms with Crippen molar-refractivity contribution in [2.24, 2.45) is 5.92 Å². The summed E-state index contributed by atoms with van der Waals surface area (Å²) in [5.41, 5.74) is 7.66. The minimum atomic E-state index is -0.161. The molecule has 0 bridgehead atoms. The van der Waals surface area contributed by atoms with Crippen molar-refractivity contribution in [3.8, 4) is 5.75 Å². The van der Waals surface area contributed by atoms with Gasteiger partial charge in [-0.15, -0.1) is 0 Å². The second-order valence-corrected chi connectivity index (χ2v) is 6.58. The van der Waals surface area contributed by atoms with Gasteiger partial charge in [-0.05, 0) is 51.0 Å². The van der Waals surface area contributed by atoms with E-state index in [0.717, 1.165) is 30.8 Å². The van der Waals surface area contributed by atoms with Gasteiger partial charge in [0, 0.05) is 18.8 Å². The van der Waals surface area contributed by atoms with Gasteiger partial charge in [0.15, 0.2) is 11.6 Å². The molecule has 1 aromatic heterocycles. The molecule has 0 saturated carbocycles. The first-order valence-corrected chi connectivity index (χ1v) is 9.64. The number of aromatic nitrogens is 2. The molecule has 1 fully saturated rings. The van der Waals surface area contributed by atoms with Crippen LogP contribution in [0.4, 0.5) is 23.0 Å². The lowest BCUT2D eigenvalue weighted by Gasteiger charge is -2.33. The molecule has 1 aromatic carbocycles. The van der Waals surface area contributed by atoms with Gasteiger partial charge in [0.2, 0.25) is 0 Å². The summed E-state index contributed by atoms with van der Waals surface area (Å²) in [6, 6.07) is 7.59. The van der Waals surface area contributed by atoms with Crippen LogP contribution in [0, 0.1) is 5.92 Å². The number of hydrogen-bond acceptors (Lipinski definition) is 8. The van der Waals surface area contributed by atoms with Gasteiger partial charge >= 0.3 is 5.97 Å². The fraction of sp³-hybridized carbons (Fsp3) is 0.450. The molecular formula is C20H27N5O3. The Morgan fingerprint density at radius 1 is 1.25 bits per heavy atom. The maximum Gasteiger partial charge on any atom is 0.310 e. The third kappa shape index (κ3) is 4.62. The van der Waals surface area contributed by atoms with Crippen molar-refractivity contribution in [1.82, 2.24) is 9.97 Å². The highest BCUT2D eigenvalue weighted by Gasteiger charge is 2.29. The zero-order chi connectivity index (χ0) is 19.9. The molecule has 1 aliphatic rings. The Kier molecular flexibility index (Phi) is 6.52. The lowest BCUT2D eigenvalue weighted by molar-refractivity contribution is -0.148. The fourth-order valence-corrected chi connectivity index (χ4v) is 3.30. The average Bonchev–Trinajstić information content (AvgIpc) is 2.71. The van der Waals surface area contributed by atoms with Gasteiger partial charge in [0.25, 0.3) is 0 Å². The second kappa shape index (κ2) is 9.25. The van der Waals surface area contributed by atoms with Crippen LogP contribution in [0.2, 0.25) is 0 Å². The van der Waals surface area contributed by atoms with Crippen LogP contribution in [0.3, 0.4) is 0 Å². The van der Waals surface area contributed by atoms with Gasteiger partial charge in [-0.25, -0.2) is 9.97 Å². The third-order valence-corrected chi connectivity index (χ3v) is 4.63. The van der Waals surface area contributed by atoms with E-state index in [1.54, 1.807) is 0 Å². The van der Waals surface area contributed by atoms with Crippen LogP contribution in [0.25, 0.3) is 0 Å². The van der Waals surface area contributed by atoms with Crippen molar-refractivity contribution in [2.75, 3.05) is 42.3 Å². The summed E-state index contributed by atoms with van der Waals surface area (Å²) in [5.74, 6) is 1.66. The Labute approximate surface area is 165 Å². The van der Waals surface area contributed by atoms with Gasteiger partial charge in [0.1, 0.15) is 17.8 Å². The van der Waals surface area contributed by atoms with Gasteiger partial charge in [-0.1, -0.05) is 0 Å². The maximum atomic E-state index is 12.1. The molecule has 2 aromatic rings. The average molecular weight is 385 g/mol. The zero-order valence-electron chi connectivity index (χ0n) is 16.4. The number of nitrogen functional groups attached to an aromatic ring is 1. The number of rotatable bonds is 7. The number of nitrogens with zero attached hydrogens (tertiary/aromatic N) is 3. The van der Waals surface area contributed by atoms with E-state index >= 15 is 0 Å². The normalized spacial score (nSPS) is 16.5. The molecule has 1 unspecified atom stereocenters. The summed E-state index contributed by atoms with van der Waals surface area (Å²) >= 11 is 0. The Balaban J connectivity index is 1.74. The zero-order valence-corrected chi connectivity index (χ0v) is 16.4. The Hall–Kier alpha value is -3.03. The Bertz CT molecular complexity index is 797. The minimum absolute atomic E-state index is 0.160. The molecule has 1 atom stereocenters. The van der Waals surface area contributed by atoms with Crippen molar-refractivity contribution < 1.29 is 14.3 Å². The second-order valence-electron chi connectivity index (χ2n) is 6.58. The van der Waals surface area contributed by atoms with Crippen LogP contribution in [0.1, 0.15) is 26.7 Å². The SMILES string of the molecule is CCOC(=O)C1CCCN(c2ncnc(Nc3ccc(OCC)cc3)c2N)C1. The van der Waals surface area contributed by atoms with Crippen LogP contribution < -0.4 is 20.7 Å². The first-order chi connectivity index (χ1) is 13.6. The molecule has 8 heteroatoms. The number of ether oxygens (including phenoxy) is 2. The quantitative estimate of drug-likeness (QED) is 0.701. The van der Waals surface area contributed by atoms with E-state index in [0.29, 0.717) is 37.1 Å². The molecule has 0 spiro atoms. The molecule has 28 heavy (non-hydrogen) atoms. The van der Waals surface area contributed by atoms with Crippen LogP contribution in [0.5, 0.6) is 5.75 Å². The molecule has 1 aliphatic heterocycles. The molecular weight excluding hydrogens is 358 g/mol. The standard InChI is InChI=1S/C20H27N5O3/c1-3-27-16-9-7-15(8-10-16)24-18-17(21)19(23-13-22-18)25-11-5-6-14(12-25)20(26)28-4-2/h7-10,13-14H,3-6,11-12,21H2,1-2H3,(H,22,23,24). The number of piperidine rings is 1. The first-order valence-electron chi connectivity index (χ1n) is 9.64. The minimum Gasteiger partial charge on any atom is -0.494 e. The molecule has 150 valence electrons. The summed E-state index contributed by atoms with van der Waals surface area (Å²) < 4.78 is 10.6. The lowest BCUT2D eigenvalue weighted by atomic mass is 9.98. The molecule has 1 saturated heterocycles. The van der Waals surface area contributed by atoms with Gasteiger partial charge in [-0.2, -0.15) is 0 Å². The summed E-state index contributed by atoms with van der Waals surface area (Å²) in [5, 5.41) is 3.23. The summed E-state index contributed by atoms with van der Waals surface area (Å²) in [6.45, 7) is 6.11. The highest BCUT2D eigenvalue weighted by molar-refractivity contribution is 5.79. The van der Waals surface area contributed by atoms with Crippen molar-refractivity contribution in [3.05, 3.63) is 30.6 Å². The fourth-order valence-electron chi connectivity index (χ4n) is 3.30. The molecule has 2 heterocycles. The molecule has 3 N–H and O–H groups in total. The molecule has 0 radical (unpaired) electrons. The molecule has 8 nitrogen and oxygen atoms in total. The van der Waals surface area contributed by atoms with Gasteiger partial charge in [0.05, 0.1) is 19.1 Å². The molecule has 0 aliphatic carbocycles. The van der Waals surface area contributed by atoms with Crippen molar-refractivity contribution in [1.29, 1.82) is 0 Å². The summed E-state index contributed by atoms with van der Waals surface area (Å²) in [6.07, 6.45) is 3.18. The monoisotopic (exact) mass is 385 g/mol. The summed E-state index contributed by atoms with van der Waals surface area (Å²) in [4.78, 5) is 22.8. The number of hydrogen-bond donors (Lipinski definition) is 2. The number of nitrogens with one attached hydrogen (secondary N) is 1. The van der Waals surface area contributed by atoms with E-state index in [-0.39, 0.29) is 11.9 Å². The largest absolute Gasteiger partial charge is 0.494 e. The van der Waals surface area contributed by atoms with E-state index in [1.165, 1.54) is 6.33 Å². The molecule has 3 rings (SSSR count). The predicted molar refractivity (Wildman–Crippen MR) is 109 cm³/mol. The number of benzene rings is 1. The summed E-state index contributed by atoms with van der Waals surface area (Å²) in [7, 11) is 0. The van der Waals surface area contributed by atoms with Crippen molar-refractivity contribution in [2.45, 2.75) is 26.7 Å². The predicted octanol–water partition coefficient (Wildman–Crippen LogP) is 2.98. The maximum absolute atomic E-state index is 12.1. The van der Waals surface area contributed by atoms with Crippen LogP contribution in [-0.2, 0) is 9.53 Å². The Morgan fingerprint density at radius 2 is 2.04 bits per heavy atom. The third-order valence-electron chi connectivity index (χ3n) is 4.63. The number of anilines is 4. The topological polar surface area (TPSA) is 103 Å². The van der Waals surface area contributed by atoms with Crippen LogP contribution >= 0.6 is 0 Å². The number of carbonyl (C=O) groups is 1. The lowest BCUT2D eigenvalue weighted by Crippen LogP contribution is -2.40. The van der Waals surface area contributed by atoms with Gasteiger partial charge in [-0.3, -0.25) is 4.79 Å². The smallest absolute Gasteiger partial charge is 0.310 e. The van der Waals surface area contributed by atoms with E-state index in [1.807, 2.05) is 43.0 Å². The first kappa shape index (κ1) is 19.7. The highest BCUT2D eigenvalue weighted by Crippen LogP contribution is 2.31. The van der Waals surface area contributed by atoms with E-state index in [4.69, 9.17) is 15.2 Å². The number of nitrogens with two attached hydrogens (primary N) is 1. The van der Waals surface area contributed by atoms with Gasteiger partial charge < -0.3 is 25.4 Å². The number of esters is 1. The molecule has 0 amide bonds. The van der Waals surface area contributed by atoms with E-state index < -0.39 is 0 Å². The van der Waals surface area contributed by atoms with Crippen LogP contribution in [-0.4, -0.2) is 42.2 Å². The van der Waals surface area contributed by atoms with E-state index in [9.17, 15) is 4.79 Å². The highest BCUT2D eigenvalue weighted by atomic mass is 16.5. The van der Waals surface area contributed by atoms with E-state index in [2.05, 4.69) is 15.3 Å². The Morgan fingerprint density at radius 3 is 2.75 bits per heavy atom. The van der Waals surface area contributed by atoms with Crippen molar-refractivity contribution in [3.63, 3.8) is 0 Å².